The number of fused-ring (bicyclic) bond motifs is 1. The summed E-state index contributed by atoms with van der Waals surface area (Å²) in [6, 6.07) is 1.35. The van der Waals surface area contributed by atoms with E-state index >= 15 is 0 Å². The molecule has 8 heteroatoms. The van der Waals surface area contributed by atoms with Crippen LogP contribution in [0.2, 0.25) is 0 Å². The second-order valence-electron chi connectivity index (χ2n) is 3.83. The van der Waals surface area contributed by atoms with E-state index < -0.39 is 30.2 Å². The Balaban J connectivity index is 2.33. The molecule has 0 spiro atoms. The van der Waals surface area contributed by atoms with Crippen molar-refractivity contribution in [2.45, 2.75) is 18.6 Å². The Bertz CT molecular complexity index is 632. The van der Waals surface area contributed by atoms with Crippen LogP contribution in [0.25, 0.3) is 5.52 Å². The highest BCUT2D eigenvalue weighted by Gasteiger charge is 2.22. The number of carbonyl (C=O) groups is 1. The molecule has 8 nitrogen and oxygen atoms in total. The van der Waals surface area contributed by atoms with Gasteiger partial charge >= 0.3 is 5.97 Å². The number of hydrogen-bond donors (Lipinski definition) is 4. The van der Waals surface area contributed by atoms with Gasteiger partial charge in [0.25, 0.3) is 5.56 Å². The average molecular weight is 253 g/mol. The molecular formula is C10H11N3O5. The Morgan fingerprint density at radius 3 is 2.83 bits per heavy atom. The number of hydrogen-bond acceptors (Lipinski definition) is 5. The fraction of sp³-hybridized carbons (Fsp3) is 0.300. The number of carboxylic acid groups (broad SMARTS) is 1. The molecule has 0 saturated heterocycles. The molecule has 2 aromatic rings. The van der Waals surface area contributed by atoms with Crippen LogP contribution >= 0.6 is 0 Å². The number of aromatic amines is 1. The van der Waals surface area contributed by atoms with Gasteiger partial charge in [-0.1, -0.05) is 0 Å². The van der Waals surface area contributed by atoms with Crippen molar-refractivity contribution < 1.29 is 20.1 Å². The first-order valence-corrected chi connectivity index (χ1v) is 5.13. The minimum absolute atomic E-state index is 0.203. The third-order valence-electron chi connectivity index (χ3n) is 2.52. The third kappa shape index (κ3) is 2.24. The van der Waals surface area contributed by atoms with Gasteiger partial charge in [0.05, 0.1) is 12.5 Å². The lowest BCUT2D eigenvalue weighted by Crippen LogP contribution is -2.21. The van der Waals surface area contributed by atoms with Crippen molar-refractivity contribution in [3.63, 3.8) is 0 Å². The van der Waals surface area contributed by atoms with Crippen LogP contribution in [0, 0.1) is 0 Å². The molecule has 2 atom stereocenters. The highest BCUT2D eigenvalue weighted by Crippen LogP contribution is 2.20. The molecule has 2 aromatic heterocycles. The van der Waals surface area contributed by atoms with Crippen molar-refractivity contribution in [2.75, 3.05) is 0 Å². The average Bonchev–Trinajstić information content (AvgIpc) is 2.72. The van der Waals surface area contributed by atoms with E-state index in [9.17, 15) is 19.8 Å². The molecule has 0 saturated carbocycles. The smallest absolute Gasteiger partial charge is 0.306 e. The molecule has 0 aliphatic rings. The Kier molecular flexibility index (Phi) is 3.13. The van der Waals surface area contributed by atoms with Gasteiger partial charge in [-0.25, -0.2) is 4.52 Å². The Morgan fingerprint density at radius 2 is 2.22 bits per heavy atom. The predicted molar refractivity (Wildman–Crippen MR) is 59.0 cm³/mol. The van der Waals surface area contributed by atoms with Crippen molar-refractivity contribution in [3.05, 3.63) is 34.5 Å². The largest absolute Gasteiger partial charge is 0.481 e. The van der Waals surface area contributed by atoms with E-state index in [1.807, 2.05) is 0 Å². The van der Waals surface area contributed by atoms with Crippen LogP contribution in [0.3, 0.4) is 0 Å². The quantitative estimate of drug-likeness (QED) is 0.547. The highest BCUT2D eigenvalue weighted by atomic mass is 16.4. The Hall–Kier alpha value is -2.19. The molecule has 0 radical (unpaired) electrons. The van der Waals surface area contributed by atoms with Crippen molar-refractivity contribution in [1.82, 2.24) is 14.6 Å². The third-order valence-corrected chi connectivity index (χ3v) is 2.52. The number of H-pyrrole nitrogens is 1. The topological polar surface area (TPSA) is 128 Å². The molecule has 2 rings (SSSR count). The van der Waals surface area contributed by atoms with Gasteiger partial charge in [-0.15, -0.1) is 0 Å². The van der Waals surface area contributed by atoms with Crippen molar-refractivity contribution in [2.24, 2.45) is 0 Å². The summed E-state index contributed by atoms with van der Waals surface area (Å²) >= 11 is 0. The summed E-state index contributed by atoms with van der Waals surface area (Å²) in [4.78, 5) is 24.2. The second-order valence-corrected chi connectivity index (χ2v) is 3.83. The maximum absolute atomic E-state index is 11.4. The summed E-state index contributed by atoms with van der Waals surface area (Å²) in [5.41, 5.74) is 0.0400. The van der Waals surface area contributed by atoms with Crippen molar-refractivity contribution >= 4 is 11.5 Å². The zero-order valence-electron chi connectivity index (χ0n) is 9.15. The second kappa shape index (κ2) is 4.59. The molecule has 2 unspecified atom stereocenters. The lowest BCUT2D eigenvalue weighted by atomic mass is 10.1. The minimum Gasteiger partial charge on any atom is -0.481 e. The number of rotatable bonds is 4. The first-order valence-electron chi connectivity index (χ1n) is 5.13. The molecule has 0 aliphatic carbocycles. The van der Waals surface area contributed by atoms with Crippen LogP contribution in [0.1, 0.15) is 18.1 Å². The first-order chi connectivity index (χ1) is 8.49. The maximum atomic E-state index is 11.4. The van der Waals surface area contributed by atoms with Crippen LogP contribution in [0.15, 0.2) is 23.4 Å². The fourth-order valence-corrected chi connectivity index (χ4v) is 1.64. The Labute approximate surface area is 100 Å². The maximum Gasteiger partial charge on any atom is 0.306 e. The molecule has 0 bridgehead atoms. The van der Waals surface area contributed by atoms with Crippen LogP contribution < -0.4 is 5.56 Å². The van der Waals surface area contributed by atoms with Crippen LogP contribution in [-0.4, -0.2) is 42.0 Å². The predicted octanol–water partition coefficient (Wildman–Crippen LogP) is -1.11. The highest BCUT2D eigenvalue weighted by molar-refractivity contribution is 5.67. The van der Waals surface area contributed by atoms with Crippen LogP contribution in [0.5, 0.6) is 0 Å². The molecule has 18 heavy (non-hydrogen) atoms. The zero-order chi connectivity index (χ0) is 13.3. The van der Waals surface area contributed by atoms with Crippen LogP contribution in [-0.2, 0) is 4.79 Å². The van der Waals surface area contributed by atoms with Gasteiger partial charge in [0.15, 0.2) is 0 Å². The van der Waals surface area contributed by atoms with E-state index in [2.05, 4.69) is 10.1 Å². The minimum atomic E-state index is -1.45. The van der Waals surface area contributed by atoms with Gasteiger partial charge in [-0.2, -0.15) is 5.10 Å². The summed E-state index contributed by atoms with van der Waals surface area (Å²) in [6.45, 7) is 0. The molecule has 96 valence electrons. The monoisotopic (exact) mass is 253 g/mol. The standard InChI is InChI=1S/C10H11N3O5/c14-7(2-8(15)16)9(17)5-1-6-10(18)11-4-12-13(6)3-5/h1,3-4,7,9,14,17H,2H2,(H,15,16)(H,11,12,18). The van der Waals surface area contributed by atoms with Gasteiger partial charge in [0, 0.05) is 11.8 Å². The fourth-order valence-electron chi connectivity index (χ4n) is 1.64. The molecular weight excluding hydrogens is 242 g/mol. The normalized spacial score (nSPS) is 14.6. The van der Waals surface area contributed by atoms with Gasteiger partial charge < -0.3 is 20.3 Å². The van der Waals surface area contributed by atoms with E-state index in [1.54, 1.807) is 0 Å². The van der Waals surface area contributed by atoms with Gasteiger partial charge in [-0.3, -0.25) is 9.59 Å². The number of nitrogens with one attached hydrogen (secondary N) is 1. The number of nitrogens with zero attached hydrogens (tertiary/aromatic N) is 2. The molecule has 0 aromatic carbocycles. The summed E-state index contributed by atoms with van der Waals surface area (Å²) in [5, 5.41) is 31.6. The van der Waals surface area contributed by atoms with Gasteiger partial charge in [0.2, 0.25) is 0 Å². The molecule has 0 fully saturated rings. The SMILES string of the molecule is O=C(O)CC(O)C(O)c1cc2c(=O)[nH]cnn2c1. The van der Waals surface area contributed by atoms with E-state index in [1.165, 1.54) is 23.1 Å². The van der Waals surface area contributed by atoms with E-state index in [4.69, 9.17) is 5.11 Å². The number of aliphatic hydroxyl groups is 2. The summed E-state index contributed by atoms with van der Waals surface area (Å²) in [5.74, 6) is -1.22. The summed E-state index contributed by atoms with van der Waals surface area (Å²) in [6.07, 6.45) is -0.863. The molecule has 0 amide bonds. The van der Waals surface area contributed by atoms with Gasteiger partial charge in [-0.05, 0) is 6.07 Å². The lowest BCUT2D eigenvalue weighted by Gasteiger charge is -2.14. The molecule has 4 N–H and O–H groups in total. The van der Waals surface area contributed by atoms with E-state index in [-0.39, 0.29) is 11.1 Å². The number of carboxylic acids is 1. The molecule has 0 aliphatic heterocycles. The number of aliphatic carboxylic acids is 1. The number of aliphatic hydroxyl groups excluding tert-OH is 2. The molecule has 2 heterocycles. The van der Waals surface area contributed by atoms with E-state index in [0.29, 0.717) is 0 Å². The summed E-state index contributed by atoms with van der Waals surface area (Å²) in [7, 11) is 0. The summed E-state index contributed by atoms with van der Waals surface area (Å²) < 4.78 is 1.24. The lowest BCUT2D eigenvalue weighted by molar-refractivity contribution is -0.141. The van der Waals surface area contributed by atoms with Crippen molar-refractivity contribution in [1.29, 1.82) is 0 Å². The zero-order valence-corrected chi connectivity index (χ0v) is 9.15. The van der Waals surface area contributed by atoms with Crippen LogP contribution in [0.4, 0.5) is 0 Å². The van der Waals surface area contributed by atoms with E-state index in [0.717, 1.165) is 0 Å². The van der Waals surface area contributed by atoms with Gasteiger partial charge in [0.1, 0.15) is 17.9 Å². The Morgan fingerprint density at radius 1 is 1.50 bits per heavy atom. The first kappa shape index (κ1) is 12.3. The number of aromatic nitrogens is 3. The van der Waals surface area contributed by atoms with Crippen molar-refractivity contribution in [3.8, 4) is 0 Å².